The summed E-state index contributed by atoms with van der Waals surface area (Å²) in [5.74, 6) is 0. The van der Waals surface area contributed by atoms with Crippen LogP contribution in [-0.2, 0) is 0 Å². The summed E-state index contributed by atoms with van der Waals surface area (Å²) >= 11 is 3.58. The van der Waals surface area contributed by atoms with Crippen molar-refractivity contribution in [3.05, 3.63) is 50.4 Å². The van der Waals surface area contributed by atoms with Gasteiger partial charge in [0, 0.05) is 26.2 Å². The molecule has 0 atom stereocenters. The molecule has 0 unspecified atom stereocenters. The van der Waals surface area contributed by atoms with Crippen LogP contribution in [0.25, 0.3) is 5.57 Å². The van der Waals surface area contributed by atoms with Crippen LogP contribution < -0.4 is 5.32 Å². The third kappa shape index (κ3) is 3.64. The van der Waals surface area contributed by atoms with E-state index in [0.29, 0.717) is 0 Å². The van der Waals surface area contributed by atoms with E-state index >= 15 is 0 Å². The SMILES string of the molecule is CNCCN1CCC(=C(c2ccsc2)c2ccsc2)CC1. The zero-order valence-corrected chi connectivity index (χ0v) is 14.1. The third-order valence-corrected chi connectivity index (χ3v) is 5.48. The molecule has 0 bridgehead atoms. The Hall–Kier alpha value is -0.940. The van der Waals surface area contributed by atoms with Crippen molar-refractivity contribution in [2.45, 2.75) is 12.8 Å². The van der Waals surface area contributed by atoms with Gasteiger partial charge in [-0.2, -0.15) is 22.7 Å². The normalized spacial score (nSPS) is 16.3. The highest BCUT2D eigenvalue weighted by atomic mass is 32.1. The lowest BCUT2D eigenvalue weighted by Gasteiger charge is -2.29. The van der Waals surface area contributed by atoms with Gasteiger partial charge < -0.3 is 10.2 Å². The van der Waals surface area contributed by atoms with Crippen molar-refractivity contribution >= 4 is 28.2 Å². The van der Waals surface area contributed by atoms with Gasteiger partial charge in [0.15, 0.2) is 0 Å². The van der Waals surface area contributed by atoms with E-state index in [9.17, 15) is 0 Å². The van der Waals surface area contributed by atoms with Crippen molar-refractivity contribution in [2.24, 2.45) is 0 Å². The summed E-state index contributed by atoms with van der Waals surface area (Å²) in [5.41, 5.74) is 5.92. The van der Waals surface area contributed by atoms with Gasteiger partial charge in [-0.05, 0) is 70.2 Å². The Kier molecular flexibility index (Phi) is 5.25. The van der Waals surface area contributed by atoms with E-state index in [2.05, 4.69) is 43.9 Å². The number of nitrogens with zero attached hydrogens (tertiary/aromatic N) is 1. The van der Waals surface area contributed by atoms with Gasteiger partial charge >= 0.3 is 0 Å². The molecule has 1 N–H and O–H groups in total. The first-order valence-corrected chi connectivity index (χ1v) is 9.41. The molecule has 112 valence electrons. The Labute approximate surface area is 135 Å². The maximum atomic E-state index is 3.24. The summed E-state index contributed by atoms with van der Waals surface area (Å²) in [7, 11) is 2.03. The zero-order valence-electron chi connectivity index (χ0n) is 12.5. The predicted molar refractivity (Wildman–Crippen MR) is 94.3 cm³/mol. The minimum atomic E-state index is 1.08. The first-order chi connectivity index (χ1) is 10.4. The van der Waals surface area contributed by atoms with Crippen LogP contribution in [0, 0.1) is 0 Å². The molecule has 0 radical (unpaired) electrons. The lowest BCUT2D eigenvalue weighted by molar-refractivity contribution is 0.259. The number of likely N-dealkylation sites (tertiary alicyclic amines) is 1. The number of likely N-dealkylation sites (N-methyl/N-ethyl adjacent to an activating group) is 1. The average molecular weight is 319 g/mol. The average Bonchev–Trinajstić information content (AvgIpc) is 3.21. The molecule has 2 aromatic rings. The first-order valence-electron chi connectivity index (χ1n) is 7.52. The van der Waals surface area contributed by atoms with Crippen molar-refractivity contribution in [2.75, 3.05) is 33.2 Å². The van der Waals surface area contributed by atoms with E-state index in [4.69, 9.17) is 0 Å². The Morgan fingerprint density at radius 2 is 1.71 bits per heavy atom. The van der Waals surface area contributed by atoms with Gasteiger partial charge in [-0.1, -0.05) is 5.57 Å². The lowest BCUT2D eigenvalue weighted by atomic mass is 9.91. The van der Waals surface area contributed by atoms with E-state index in [-0.39, 0.29) is 0 Å². The molecule has 0 aromatic carbocycles. The summed E-state index contributed by atoms with van der Waals surface area (Å²) in [5, 5.41) is 12.2. The van der Waals surface area contributed by atoms with Gasteiger partial charge in [0.2, 0.25) is 0 Å². The van der Waals surface area contributed by atoms with Gasteiger partial charge in [0.25, 0.3) is 0 Å². The molecule has 3 rings (SSSR count). The Morgan fingerprint density at radius 1 is 1.10 bits per heavy atom. The molecule has 1 fully saturated rings. The maximum absolute atomic E-state index is 3.24. The summed E-state index contributed by atoms with van der Waals surface area (Å²) in [6.07, 6.45) is 2.40. The van der Waals surface area contributed by atoms with Crippen molar-refractivity contribution in [1.29, 1.82) is 0 Å². The van der Waals surface area contributed by atoms with Gasteiger partial charge in [0.1, 0.15) is 0 Å². The minimum Gasteiger partial charge on any atom is -0.318 e. The second-order valence-electron chi connectivity index (χ2n) is 5.45. The van der Waals surface area contributed by atoms with E-state index in [0.717, 1.165) is 13.1 Å². The highest BCUT2D eigenvalue weighted by molar-refractivity contribution is 7.08. The fourth-order valence-electron chi connectivity index (χ4n) is 2.95. The molecular formula is C17H22N2S2. The van der Waals surface area contributed by atoms with E-state index in [1.165, 1.54) is 42.6 Å². The van der Waals surface area contributed by atoms with Gasteiger partial charge in [-0.15, -0.1) is 0 Å². The number of rotatable bonds is 5. The monoisotopic (exact) mass is 318 g/mol. The molecule has 1 aliphatic heterocycles. The van der Waals surface area contributed by atoms with Crippen LogP contribution in [-0.4, -0.2) is 38.1 Å². The van der Waals surface area contributed by atoms with Crippen molar-refractivity contribution in [3.8, 4) is 0 Å². The molecule has 1 aliphatic rings. The fraction of sp³-hybridized carbons (Fsp3) is 0.412. The Morgan fingerprint density at radius 3 is 2.19 bits per heavy atom. The van der Waals surface area contributed by atoms with Crippen LogP contribution in [0.1, 0.15) is 24.0 Å². The molecule has 0 aliphatic carbocycles. The summed E-state index contributed by atoms with van der Waals surface area (Å²) in [6.45, 7) is 4.63. The molecule has 0 saturated carbocycles. The van der Waals surface area contributed by atoms with Crippen LogP contribution in [0.2, 0.25) is 0 Å². The predicted octanol–water partition coefficient (Wildman–Crippen LogP) is 3.93. The number of thiophene rings is 2. The second kappa shape index (κ2) is 7.36. The van der Waals surface area contributed by atoms with Crippen LogP contribution in [0.5, 0.6) is 0 Å². The smallest absolute Gasteiger partial charge is 0.0107 e. The van der Waals surface area contributed by atoms with Crippen molar-refractivity contribution in [1.82, 2.24) is 10.2 Å². The topological polar surface area (TPSA) is 15.3 Å². The summed E-state index contributed by atoms with van der Waals surface area (Å²) < 4.78 is 0. The van der Waals surface area contributed by atoms with Gasteiger partial charge in [-0.25, -0.2) is 0 Å². The molecule has 3 heterocycles. The van der Waals surface area contributed by atoms with E-state index in [1.807, 2.05) is 7.05 Å². The van der Waals surface area contributed by atoms with E-state index < -0.39 is 0 Å². The number of nitrogens with one attached hydrogen (secondary N) is 1. The van der Waals surface area contributed by atoms with Gasteiger partial charge in [-0.3, -0.25) is 0 Å². The molecule has 0 spiro atoms. The number of hydrogen-bond donors (Lipinski definition) is 1. The molecule has 2 nitrogen and oxygen atoms in total. The summed E-state index contributed by atoms with van der Waals surface area (Å²) in [6, 6.07) is 4.52. The van der Waals surface area contributed by atoms with Crippen LogP contribution in [0.15, 0.2) is 39.2 Å². The third-order valence-electron chi connectivity index (χ3n) is 4.11. The van der Waals surface area contributed by atoms with Gasteiger partial charge in [0.05, 0.1) is 0 Å². The highest BCUT2D eigenvalue weighted by Crippen LogP contribution is 2.34. The molecule has 0 amide bonds. The quantitative estimate of drug-likeness (QED) is 0.898. The molecule has 21 heavy (non-hydrogen) atoms. The molecule has 4 heteroatoms. The second-order valence-corrected chi connectivity index (χ2v) is 7.01. The summed E-state index contributed by atoms with van der Waals surface area (Å²) in [4.78, 5) is 2.57. The number of hydrogen-bond acceptors (Lipinski definition) is 4. The van der Waals surface area contributed by atoms with Crippen molar-refractivity contribution in [3.63, 3.8) is 0 Å². The minimum absolute atomic E-state index is 1.08. The van der Waals surface area contributed by atoms with E-state index in [1.54, 1.807) is 28.2 Å². The maximum Gasteiger partial charge on any atom is 0.0107 e. The first kappa shape index (κ1) is 15.0. The Balaban J connectivity index is 1.81. The Bertz CT molecular complexity index is 524. The van der Waals surface area contributed by atoms with Crippen LogP contribution in [0.4, 0.5) is 0 Å². The standard InChI is InChI=1S/C17H22N2S2/c1-18-6-9-19-7-2-14(3-8-19)17(15-4-10-20-12-15)16-5-11-21-13-16/h4-5,10-13,18H,2-3,6-9H2,1H3. The number of piperidine rings is 1. The molecule has 1 saturated heterocycles. The zero-order chi connectivity index (χ0) is 14.5. The lowest BCUT2D eigenvalue weighted by Crippen LogP contribution is -2.35. The molecular weight excluding hydrogens is 296 g/mol. The fourth-order valence-corrected chi connectivity index (χ4v) is 4.25. The van der Waals surface area contributed by atoms with Crippen LogP contribution >= 0.6 is 22.7 Å². The highest BCUT2D eigenvalue weighted by Gasteiger charge is 2.19. The van der Waals surface area contributed by atoms with Crippen LogP contribution in [0.3, 0.4) is 0 Å². The largest absolute Gasteiger partial charge is 0.318 e. The van der Waals surface area contributed by atoms with Crippen molar-refractivity contribution < 1.29 is 0 Å². The molecule has 2 aromatic heterocycles.